The number of methoxy groups -OCH3 is 1. The number of aromatic hydroxyl groups is 1. The summed E-state index contributed by atoms with van der Waals surface area (Å²) in [6.45, 7) is 5.65. The Morgan fingerprint density at radius 2 is 1.74 bits per heavy atom. The van der Waals surface area contributed by atoms with E-state index >= 15 is 0 Å². The van der Waals surface area contributed by atoms with Gasteiger partial charge in [-0.25, -0.2) is 4.79 Å². The Morgan fingerprint density at radius 3 is 2.30 bits per heavy atom. The van der Waals surface area contributed by atoms with E-state index in [9.17, 15) is 15.0 Å². The molecule has 0 aliphatic rings. The molecule has 0 saturated heterocycles. The predicted molar refractivity (Wildman–Crippen MR) is 88.6 cm³/mol. The van der Waals surface area contributed by atoms with Crippen LogP contribution in [0.3, 0.4) is 0 Å². The first-order valence-electron chi connectivity index (χ1n) is 7.48. The number of rotatable bonds is 4. The van der Waals surface area contributed by atoms with E-state index in [0.717, 1.165) is 22.3 Å². The fraction of sp³-hybridized carbons (Fsp3) is 0.316. The van der Waals surface area contributed by atoms with Gasteiger partial charge in [0, 0.05) is 11.5 Å². The van der Waals surface area contributed by atoms with E-state index in [1.165, 1.54) is 7.11 Å². The van der Waals surface area contributed by atoms with Crippen LogP contribution in [0, 0.1) is 20.8 Å². The second-order valence-electron chi connectivity index (χ2n) is 5.82. The van der Waals surface area contributed by atoms with Crippen molar-refractivity contribution in [3.05, 3.63) is 64.2 Å². The van der Waals surface area contributed by atoms with Gasteiger partial charge in [-0.3, -0.25) is 0 Å². The molecule has 0 saturated carbocycles. The normalized spacial score (nSPS) is 13.4. The van der Waals surface area contributed by atoms with Crippen LogP contribution in [0.15, 0.2) is 36.4 Å². The zero-order valence-electron chi connectivity index (χ0n) is 13.8. The van der Waals surface area contributed by atoms with Crippen LogP contribution in [0.4, 0.5) is 0 Å². The minimum Gasteiger partial charge on any atom is -0.508 e. The van der Waals surface area contributed by atoms with Gasteiger partial charge in [0.2, 0.25) is 0 Å². The van der Waals surface area contributed by atoms with Gasteiger partial charge in [-0.05, 0) is 49.1 Å². The van der Waals surface area contributed by atoms with Crippen LogP contribution in [0.25, 0.3) is 0 Å². The summed E-state index contributed by atoms with van der Waals surface area (Å²) in [7, 11) is 1.24. The van der Waals surface area contributed by atoms with Gasteiger partial charge in [0.25, 0.3) is 0 Å². The number of aliphatic hydroxyl groups is 1. The highest BCUT2D eigenvalue weighted by Gasteiger charge is 2.33. The Morgan fingerprint density at radius 1 is 1.09 bits per heavy atom. The van der Waals surface area contributed by atoms with Crippen molar-refractivity contribution in [2.24, 2.45) is 0 Å². The van der Waals surface area contributed by atoms with Crippen LogP contribution in [0.2, 0.25) is 0 Å². The zero-order valence-corrected chi connectivity index (χ0v) is 13.8. The molecule has 0 amide bonds. The summed E-state index contributed by atoms with van der Waals surface area (Å²) in [5.74, 6) is -1.35. The molecule has 2 aromatic rings. The SMILES string of the molecule is COC(=O)[C@H](O)[C@@H](c1ccccc1C)c1c(C)cc(C)cc1O. The van der Waals surface area contributed by atoms with Gasteiger partial charge >= 0.3 is 5.97 Å². The summed E-state index contributed by atoms with van der Waals surface area (Å²) in [5, 5.41) is 21.0. The molecule has 0 heterocycles. The standard InChI is InChI=1S/C19H22O4/c1-11-9-13(3)16(15(20)10-11)17(18(21)19(22)23-4)14-8-6-5-7-12(14)2/h5-10,17-18,20-21H,1-4H3/t17-,18+/m0/s1. The molecule has 0 spiro atoms. The topological polar surface area (TPSA) is 66.8 Å². The third kappa shape index (κ3) is 3.37. The maximum absolute atomic E-state index is 11.9. The molecule has 4 heteroatoms. The molecule has 0 fully saturated rings. The quantitative estimate of drug-likeness (QED) is 0.852. The largest absolute Gasteiger partial charge is 0.508 e. The summed E-state index contributed by atoms with van der Waals surface area (Å²) in [5.41, 5.74) is 3.99. The molecule has 0 bridgehead atoms. The van der Waals surface area contributed by atoms with Crippen LogP contribution in [-0.4, -0.2) is 29.4 Å². The monoisotopic (exact) mass is 314 g/mol. The van der Waals surface area contributed by atoms with Crippen LogP contribution in [0.1, 0.15) is 33.7 Å². The Balaban J connectivity index is 2.69. The maximum atomic E-state index is 11.9. The lowest BCUT2D eigenvalue weighted by Gasteiger charge is -2.26. The number of hydrogen-bond donors (Lipinski definition) is 2. The third-order valence-electron chi connectivity index (χ3n) is 4.10. The molecule has 0 aromatic heterocycles. The molecular weight excluding hydrogens is 292 g/mol. The Labute approximate surface area is 136 Å². The summed E-state index contributed by atoms with van der Waals surface area (Å²) in [6, 6.07) is 11.1. The molecule has 122 valence electrons. The Hall–Kier alpha value is -2.33. The van der Waals surface area contributed by atoms with Crippen molar-refractivity contribution in [2.75, 3.05) is 7.11 Å². The van der Waals surface area contributed by atoms with Crippen LogP contribution in [0.5, 0.6) is 5.75 Å². The fourth-order valence-electron chi connectivity index (χ4n) is 3.04. The minimum absolute atomic E-state index is 0.0682. The molecule has 4 nitrogen and oxygen atoms in total. The van der Waals surface area contributed by atoms with Gasteiger partial charge in [0.15, 0.2) is 6.10 Å². The van der Waals surface area contributed by atoms with E-state index in [1.54, 1.807) is 6.07 Å². The van der Waals surface area contributed by atoms with Crippen molar-refractivity contribution in [1.29, 1.82) is 0 Å². The van der Waals surface area contributed by atoms with E-state index in [4.69, 9.17) is 4.74 Å². The van der Waals surface area contributed by atoms with Crippen molar-refractivity contribution in [3.63, 3.8) is 0 Å². The van der Waals surface area contributed by atoms with Crippen LogP contribution < -0.4 is 0 Å². The average Bonchev–Trinajstić information content (AvgIpc) is 2.50. The van der Waals surface area contributed by atoms with E-state index in [0.29, 0.717) is 5.56 Å². The van der Waals surface area contributed by atoms with Gasteiger partial charge < -0.3 is 14.9 Å². The number of aryl methyl sites for hydroxylation is 3. The molecule has 2 N–H and O–H groups in total. The number of aliphatic hydroxyl groups excluding tert-OH is 1. The Kier molecular flexibility index (Phi) is 5.06. The average molecular weight is 314 g/mol. The second kappa shape index (κ2) is 6.84. The summed E-state index contributed by atoms with van der Waals surface area (Å²) in [6.07, 6.45) is -1.39. The maximum Gasteiger partial charge on any atom is 0.335 e. The molecule has 0 aliphatic heterocycles. The summed E-state index contributed by atoms with van der Waals surface area (Å²) < 4.78 is 4.71. The number of ether oxygens (including phenoxy) is 1. The predicted octanol–water partition coefficient (Wildman–Crippen LogP) is 2.98. The smallest absolute Gasteiger partial charge is 0.335 e. The van der Waals surface area contributed by atoms with E-state index in [2.05, 4.69) is 0 Å². The van der Waals surface area contributed by atoms with Crippen molar-refractivity contribution < 1.29 is 19.7 Å². The van der Waals surface area contributed by atoms with Gasteiger partial charge in [0.05, 0.1) is 7.11 Å². The number of carbonyl (C=O) groups excluding carboxylic acids is 1. The zero-order chi connectivity index (χ0) is 17.1. The van der Waals surface area contributed by atoms with Gasteiger partial charge in [0.1, 0.15) is 5.75 Å². The number of hydrogen-bond acceptors (Lipinski definition) is 4. The molecule has 0 radical (unpaired) electrons. The fourth-order valence-corrected chi connectivity index (χ4v) is 3.04. The highest BCUT2D eigenvalue weighted by atomic mass is 16.5. The highest BCUT2D eigenvalue weighted by Crippen LogP contribution is 2.38. The molecule has 2 aromatic carbocycles. The van der Waals surface area contributed by atoms with E-state index < -0.39 is 18.0 Å². The number of phenols is 1. The number of phenolic OH excluding ortho intramolecular Hbond substituents is 1. The van der Waals surface area contributed by atoms with Crippen molar-refractivity contribution in [2.45, 2.75) is 32.8 Å². The van der Waals surface area contributed by atoms with Gasteiger partial charge in [-0.2, -0.15) is 0 Å². The van der Waals surface area contributed by atoms with Crippen LogP contribution in [-0.2, 0) is 9.53 Å². The lowest BCUT2D eigenvalue weighted by atomic mass is 9.81. The van der Waals surface area contributed by atoms with Crippen LogP contribution >= 0.6 is 0 Å². The number of esters is 1. The summed E-state index contributed by atoms with van der Waals surface area (Å²) >= 11 is 0. The van der Waals surface area contributed by atoms with Crippen molar-refractivity contribution >= 4 is 5.97 Å². The third-order valence-corrected chi connectivity index (χ3v) is 4.10. The molecular formula is C19H22O4. The minimum atomic E-state index is -1.39. The molecule has 0 unspecified atom stereocenters. The second-order valence-corrected chi connectivity index (χ2v) is 5.82. The van der Waals surface area contributed by atoms with Crippen molar-refractivity contribution in [1.82, 2.24) is 0 Å². The number of benzene rings is 2. The van der Waals surface area contributed by atoms with Crippen molar-refractivity contribution in [3.8, 4) is 5.75 Å². The Bertz CT molecular complexity index is 698. The van der Waals surface area contributed by atoms with Gasteiger partial charge in [-0.1, -0.05) is 30.3 Å². The molecule has 23 heavy (non-hydrogen) atoms. The van der Waals surface area contributed by atoms with Gasteiger partial charge in [-0.15, -0.1) is 0 Å². The molecule has 2 atom stereocenters. The highest BCUT2D eigenvalue weighted by molar-refractivity contribution is 5.77. The van der Waals surface area contributed by atoms with E-state index in [1.807, 2.05) is 51.1 Å². The molecule has 2 rings (SSSR count). The molecule has 0 aliphatic carbocycles. The first kappa shape index (κ1) is 17.0. The lowest BCUT2D eigenvalue weighted by molar-refractivity contribution is -0.151. The number of carbonyl (C=O) groups is 1. The lowest BCUT2D eigenvalue weighted by Crippen LogP contribution is -2.31. The first-order chi connectivity index (χ1) is 10.9. The summed E-state index contributed by atoms with van der Waals surface area (Å²) in [4.78, 5) is 11.9. The first-order valence-corrected chi connectivity index (χ1v) is 7.48. The van der Waals surface area contributed by atoms with E-state index in [-0.39, 0.29) is 5.75 Å².